The summed E-state index contributed by atoms with van der Waals surface area (Å²) in [5.41, 5.74) is 0. The van der Waals surface area contributed by atoms with Gasteiger partial charge in [0.15, 0.2) is 0 Å². The molecule has 116 valence electrons. The molecule has 3 atom stereocenters. The van der Waals surface area contributed by atoms with Crippen molar-refractivity contribution in [3.8, 4) is 0 Å². The standard InChI is InChI=1S/C15H23N3O2S/c1-17(2)15(19)11-4-7-20-13-3-6-18(9-12(11)13)10-14-16-5-8-21-14/h5,8,11-13H,3-4,6-7,9-10H2,1-2H3/t11-,12+,13-/m1/s1. The van der Waals surface area contributed by atoms with Crippen LogP contribution in [0.25, 0.3) is 0 Å². The maximum Gasteiger partial charge on any atom is 0.225 e. The molecular formula is C15H23N3O2S. The van der Waals surface area contributed by atoms with Gasteiger partial charge >= 0.3 is 0 Å². The molecule has 0 saturated carbocycles. The molecule has 2 fully saturated rings. The van der Waals surface area contributed by atoms with Gasteiger partial charge in [0.2, 0.25) is 5.91 Å². The largest absolute Gasteiger partial charge is 0.378 e. The van der Waals surface area contributed by atoms with Crippen molar-refractivity contribution in [2.45, 2.75) is 25.5 Å². The van der Waals surface area contributed by atoms with Crippen LogP contribution in [0.5, 0.6) is 0 Å². The van der Waals surface area contributed by atoms with Gasteiger partial charge in [-0.1, -0.05) is 0 Å². The van der Waals surface area contributed by atoms with Crippen molar-refractivity contribution in [2.24, 2.45) is 11.8 Å². The first-order valence-corrected chi connectivity index (χ1v) is 8.46. The van der Waals surface area contributed by atoms with Crippen LogP contribution in [-0.4, -0.2) is 60.6 Å². The Bertz CT molecular complexity index is 477. The zero-order valence-electron chi connectivity index (χ0n) is 12.7. The Hall–Kier alpha value is -0.980. The first-order chi connectivity index (χ1) is 10.1. The molecule has 1 aromatic rings. The second-order valence-corrected chi connectivity index (χ2v) is 7.13. The summed E-state index contributed by atoms with van der Waals surface area (Å²) in [5.74, 6) is 0.685. The van der Waals surface area contributed by atoms with E-state index in [0.717, 1.165) is 44.1 Å². The third-order valence-electron chi connectivity index (χ3n) is 4.55. The Morgan fingerprint density at radius 1 is 1.52 bits per heavy atom. The first kappa shape index (κ1) is 14.9. The molecule has 21 heavy (non-hydrogen) atoms. The third kappa shape index (κ3) is 3.27. The molecule has 3 heterocycles. The van der Waals surface area contributed by atoms with Gasteiger partial charge in [-0.25, -0.2) is 4.98 Å². The van der Waals surface area contributed by atoms with E-state index in [1.165, 1.54) is 0 Å². The van der Waals surface area contributed by atoms with Gasteiger partial charge in [-0.2, -0.15) is 0 Å². The summed E-state index contributed by atoms with van der Waals surface area (Å²) in [6.45, 7) is 3.58. The van der Waals surface area contributed by atoms with Crippen LogP contribution in [0.1, 0.15) is 17.8 Å². The van der Waals surface area contributed by atoms with Crippen LogP contribution in [0.2, 0.25) is 0 Å². The quantitative estimate of drug-likeness (QED) is 0.848. The second-order valence-electron chi connectivity index (χ2n) is 6.15. The van der Waals surface area contributed by atoms with Gasteiger partial charge in [-0.05, 0) is 12.8 Å². The number of piperidine rings is 1. The van der Waals surface area contributed by atoms with E-state index in [4.69, 9.17) is 4.74 Å². The van der Waals surface area contributed by atoms with Crippen LogP contribution in [0, 0.1) is 11.8 Å². The molecule has 5 nitrogen and oxygen atoms in total. The first-order valence-electron chi connectivity index (χ1n) is 7.58. The topological polar surface area (TPSA) is 45.7 Å². The average Bonchev–Trinajstić information content (AvgIpc) is 2.98. The van der Waals surface area contributed by atoms with Crippen LogP contribution in [-0.2, 0) is 16.1 Å². The molecule has 2 aliphatic rings. The Kier molecular flexibility index (Phi) is 4.57. The molecule has 2 aliphatic heterocycles. The molecule has 0 spiro atoms. The Morgan fingerprint density at radius 2 is 2.38 bits per heavy atom. The van der Waals surface area contributed by atoms with Gasteiger partial charge in [0, 0.05) is 57.2 Å². The molecule has 0 N–H and O–H groups in total. The summed E-state index contributed by atoms with van der Waals surface area (Å²) in [7, 11) is 3.70. The zero-order chi connectivity index (χ0) is 14.8. The van der Waals surface area contributed by atoms with E-state index in [1.807, 2.05) is 25.7 Å². The van der Waals surface area contributed by atoms with Crippen LogP contribution in [0.15, 0.2) is 11.6 Å². The highest BCUT2D eigenvalue weighted by Gasteiger charge is 2.42. The van der Waals surface area contributed by atoms with E-state index in [0.29, 0.717) is 5.92 Å². The van der Waals surface area contributed by atoms with Crippen LogP contribution >= 0.6 is 11.3 Å². The molecule has 1 aromatic heterocycles. The van der Waals surface area contributed by atoms with Crippen LogP contribution in [0.4, 0.5) is 0 Å². The molecule has 0 aromatic carbocycles. The van der Waals surface area contributed by atoms with E-state index in [-0.39, 0.29) is 17.9 Å². The highest BCUT2D eigenvalue weighted by molar-refractivity contribution is 7.09. The molecule has 2 saturated heterocycles. The van der Waals surface area contributed by atoms with Gasteiger partial charge in [0.05, 0.1) is 12.6 Å². The summed E-state index contributed by atoms with van der Waals surface area (Å²) < 4.78 is 5.92. The predicted molar refractivity (Wildman–Crippen MR) is 82.0 cm³/mol. The summed E-state index contributed by atoms with van der Waals surface area (Å²) in [5, 5.41) is 3.17. The van der Waals surface area contributed by atoms with Crippen molar-refractivity contribution in [1.29, 1.82) is 0 Å². The van der Waals surface area contributed by atoms with E-state index in [9.17, 15) is 4.79 Å². The molecule has 0 radical (unpaired) electrons. The lowest BCUT2D eigenvalue weighted by molar-refractivity contribution is -0.149. The number of thiazole rings is 1. The van der Waals surface area contributed by atoms with E-state index < -0.39 is 0 Å². The summed E-state index contributed by atoms with van der Waals surface area (Å²) in [4.78, 5) is 20.9. The SMILES string of the molecule is CN(C)C(=O)[C@@H]1CCO[C@@H]2CCN(Cc3nccs3)C[C@H]21. The van der Waals surface area contributed by atoms with Crippen molar-refractivity contribution in [3.05, 3.63) is 16.6 Å². The normalized spacial score (nSPS) is 29.9. The maximum atomic E-state index is 12.4. The van der Waals surface area contributed by atoms with Gasteiger partial charge in [0.1, 0.15) is 5.01 Å². The van der Waals surface area contributed by atoms with Crippen molar-refractivity contribution in [2.75, 3.05) is 33.8 Å². The van der Waals surface area contributed by atoms with Gasteiger partial charge in [-0.3, -0.25) is 9.69 Å². The Balaban J connectivity index is 1.68. The van der Waals surface area contributed by atoms with Gasteiger partial charge in [0.25, 0.3) is 0 Å². The number of carbonyl (C=O) groups is 1. The van der Waals surface area contributed by atoms with E-state index in [1.54, 1.807) is 16.2 Å². The van der Waals surface area contributed by atoms with Crippen LogP contribution in [0.3, 0.4) is 0 Å². The predicted octanol–water partition coefficient (Wildman–Crippen LogP) is 1.46. The number of fused-ring (bicyclic) bond motifs is 1. The smallest absolute Gasteiger partial charge is 0.225 e. The summed E-state index contributed by atoms with van der Waals surface area (Å²) in [6.07, 6.45) is 3.98. The van der Waals surface area contributed by atoms with Crippen molar-refractivity contribution < 1.29 is 9.53 Å². The fourth-order valence-corrected chi connectivity index (χ4v) is 4.15. The van der Waals surface area contributed by atoms with Crippen LogP contribution < -0.4 is 0 Å². The molecule has 6 heteroatoms. The lowest BCUT2D eigenvalue weighted by Crippen LogP contribution is -2.52. The summed E-state index contributed by atoms with van der Waals surface area (Å²) >= 11 is 1.70. The molecule has 0 bridgehead atoms. The fraction of sp³-hybridized carbons (Fsp3) is 0.733. The second kappa shape index (κ2) is 6.42. The van der Waals surface area contributed by atoms with Crippen molar-refractivity contribution in [1.82, 2.24) is 14.8 Å². The van der Waals surface area contributed by atoms with Gasteiger partial charge < -0.3 is 9.64 Å². The Morgan fingerprint density at radius 3 is 3.10 bits per heavy atom. The molecule has 0 aliphatic carbocycles. The number of hydrogen-bond acceptors (Lipinski definition) is 5. The number of carbonyl (C=O) groups excluding carboxylic acids is 1. The third-order valence-corrected chi connectivity index (χ3v) is 5.32. The van der Waals surface area contributed by atoms with E-state index in [2.05, 4.69) is 9.88 Å². The molecule has 0 unspecified atom stereocenters. The highest BCUT2D eigenvalue weighted by atomic mass is 32.1. The zero-order valence-corrected chi connectivity index (χ0v) is 13.5. The van der Waals surface area contributed by atoms with Gasteiger partial charge in [-0.15, -0.1) is 11.3 Å². The minimum Gasteiger partial charge on any atom is -0.378 e. The number of ether oxygens (including phenoxy) is 1. The highest BCUT2D eigenvalue weighted by Crippen LogP contribution is 2.34. The Labute approximate surface area is 129 Å². The minimum atomic E-state index is 0.109. The molecule has 1 amide bonds. The number of rotatable bonds is 3. The molecular weight excluding hydrogens is 286 g/mol. The minimum absolute atomic E-state index is 0.109. The lowest BCUT2D eigenvalue weighted by Gasteiger charge is -2.44. The number of nitrogens with zero attached hydrogens (tertiary/aromatic N) is 3. The van der Waals surface area contributed by atoms with Crippen molar-refractivity contribution >= 4 is 17.2 Å². The van der Waals surface area contributed by atoms with Crippen molar-refractivity contribution in [3.63, 3.8) is 0 Å². The number of hydrogen-bond donors (Lipinski definition) is 0. The fourth-order valence-electron chi connectivity index (χ4n) is 3.49. The lowest BCUT2D eigenvalue weighted by atomic mass is 9.79. The number of amides is 1. The molecule has 3 rings (SSSR count). The number of aromatic nitrogens is 1. The number of likely N-dealkylation sites (tertiary alicyclic amines) is 1. The average molecular weight is 309 g/mol. The monoisotopic (exact) mass is 309 g/mol. The summed E-state index contributed by atoms with van der Waals surface area (Å²) in [6, 6.07) is 0. The van der Waals surface area contributed by atoms with E-state index >= 15 is 0 Å². The maximum absolute atomic E-state index is 12.4.